The van der Waals surface area contributed by atoms with Gasteiger partial charge in [-0.05, 0) is 44.9 Å². The van der Waals surface area contributed by atoms with E-state index in [0.29, 0.717) is 42.7 Å². The topological polar surface area (TPSA) is 72.4 Å². The van der Waals surface area contributed by atoms with E-state index >= 15 is 0 Å². The molecular formula is C17H20ClN3O3S. The van der Waals surface area contributed by atoms with Gasteiger partial charge in [0.15, 0.2) is 0 Å². The van der Waals surface area contributed by atoms with Crippen molar-refractivity contribution in [1.82, 2.24) is 14.3 Å². The van der Waals surface area contributed by atoms with Crippen molar-refractivity contribution in [3.05, 3.63) is 46.9 Å². The van der Waals surface area contributed by atoms with Crippen LogP contribution in [0.25, 0.3) is 0 Å². The fourth-order valence-electron chi connectivity index (χ4n) is 2.88. The number of aryl methyl sites for hydroxylation is 2. The first-order chi connectivity index (χ1) is 11.8. The van der Waals surface area contributed by atoms with Gasteiger partial charge in [-0.3, -0.25) is 0 Å². The number of halogens is 1. The van der Waals surface area contributed by atoms with E-state index < -0.39 is 10.0 Å². The van der Waals surface area contributed by atoms with E-state index in [-0.39, 0.29) is 11.0 Å². The molecular weight excluding hydrogens is 362 g/mol. The standard InChI is InChI=1S/C17H20ClN3O3S/c1-12-10-17(20-13(2)19-12)24-15-6-8-21(9-7-15)25(22,23)16-5-3-4-14(18)11-16/h3-5,10-11,15H,6-9H2,1-2H3. The highest BCUT2D eigenvalue weighted by Crippen LogP contribution is 2.24. The van der Waals surface area contributed by atoms with E-state index in [1.54, 1.807) is 24.3 Å². The van der Waals surface area contributed by atoms with Gasteiger partial charge in [0.05, 0.1) is 4.90 Å². The Balaban J connectivity index is 1.65. The van der Waals surface area contributed by atoms with Crippen molar-refractivity contribution in [3.63, 3.8) is 0 Å². The highest BCUT2D eigenvalue weighted by atomic mass is 35.5. The predicted octanol–water partition coefficient (Wildman–Crippen LogP) is 2.98. The lowest BCUT2D eigenvalue weighted by Crippen LogP contribution is -2.41. The minimum atomic E-state index is -3.53. The first-order valence-corrected chi connectivity index (χ1v) is 9.91. The second-order valence-electron chi connectivity index (χ2n) is 6.07. The Kier molecular flexibility index (Phi) is 5.27. The zero-order chi connectivity index (χ0) is 18.0. The van der Waals surface area contributed by atoms with Crippen LogP contribution in [0.4, 0.5) is 0 Å². The second-order valence-corrected chi connectivity index (χ2v) is 8.45. The smallest absolute Gasteiger partial charge is 0.243 e. The van der Waals surface area contributed by atoms with Crippen molar-refractivity contribution in [2.75, 3.05) is 13.1 Å². The summed E-state index contributed by atoms with van der Waals surface area (Å²) in [5.41, 5.74) is 0.850. The molecule has 2 heterocycles. The maximum Gasteiger partial charge on any atom is 0.243 e. The van der Waals surface area contributed by atoms with Crippen molar-refractivity contribution in [3.8, 4) is 5.88 Å². The van der Waals surface area contributed by atoms with Crippen LogP contribution >= 0.6 is 11.6 Å². The molecule has 25 heavy (non-hydrogen) atoms. The van der Waals surface area contributed by atoms with Crippen LogP contribution in [-0.4, -0.2) is 41.9 Å². The van der Waals surface area contributed by atoms with Crippen molar-refractivity contribution in [2.45, 2.75) is 37.7 Å². The van der Waals surface area contributed by atoms with Gasteiger partial charge in [-0.15, -0.1) is 0 Å². The van der Waals surface area contributed by atoms with Gasteiger partial charge in [0.2, 0.25) is 15.9 Å². The molecule has 8 heteroatoms. The largest absolute Gasteiger partial charge is 0.474 e. The van der Waals surface area contributed by atoms with Gasteiger partial charge in [-0.2, -0.15) is 9.29 Å². The molecule has 0 unspecified atom stereocenters. The lowest BCUT2D eigenvalue weighted by Gasteiger charge is -2.31. The third-order valence-electron chi connectivity index (χ3n) is 4.06. The molecule has 1 saturated heterocycles. The van der Waals surface area contributed by atoms with Crippen molar-refractivity contribution < 1.29 is 13.2 Å². The number of rotatable bonds is 4. The summed E-state index contributed by atoms with van der Waals surface area (Å²) in [7, 11) is -3.53. The summed E-state index contributed by atoms with van der Waals surface area (Å²) in [6, 6.07) is 8.14. The van der Waals surface area contributed by atoms with Crippen LogP contribution in [0, 0.1) is 13.8 Å². The van der Waals surface area contributed by atoms with Crippen molar-refractivity contribution in [2.24, 2.45) is 0 Å². The molecule has 0 radical (unpaired) electrons. The Morgan fingerprint density at radius 2 is 1.88 bits per heavy atom. The molecule has 0 bridgehead atoms. The number of benzene rings is 1. The molecule has 1 aromatic carbocycles. The summed E-state index contributed by atoms with van der Waals surface area (Å²) >= 11 is 5.91. The Hall–Kier alpha value is -1.70. The number of aromatic nitrogens is 2. The van der Waals surface area contributed by atoms with Gasteiger partial charge >= 0.3 is 0 Å². The molecule has 0 spiro atoms. The summed E-state index contributed by atoms with van der Waals surface area (Å²) in [6.07, 6.45) is 1.17. The lowest BCUT2D eigenvalue weighted by atomic mass is 10.1. The maximum absolute atomic E-state index is 12.7. The van der Waals surface area contributed by atoms with Crippen LogP contribution in [0.5, 0.6) is 5.88 Å². The van der Waals surface area contributed by atoms with Gasteiger partial charge in [-0.25, -0.2) is 13.4 Å². The Morgan fingerprint density at radius 1 is 1.16 bits per heavy atom. The zero-order valence-corrected chi connectivity index (χ0v) is 15.7. The number of sulfonamides is 1. The van der Waals surface area contributed by atoms with Crippen molar-refractivity contribution >= 4 is 21.6 Å². The SMILES string of the molecule is Cc1cc(OC2CCN(S(=O)(=O)c3cccc(Cl)c3)CC2)nc(C)n1. The summed E-state index contributed by atoms with van der Waals surface area (Å²) in [5, 5.41) is 0.411. The molecule has 0 amide bonds. The van der Waals surface area contributed by atoms with Crippen LogP contribution in [0.3, 0.4) is 0 Å². The van der Waals surface area contributed by atoms with E-state index in [1.165, 1.54) is 10.4 Å². The normalized spacial score (nSPS) is 16.8. The van der Waals surface area contributed by atoms with Crippen LogP contribution < -0.4 is 4.74 Å². The molecule has 1 fully saturated rings. The van der Waals surface area contributed by atoms with E-state index in [1.807, 2.05) is 13.8 Å². The van der Waals surface area contributed by atoms with Crippen LogP contribution in [0.15, 0.2) is 35.2 Å². The molecule has 0 aliphatic carbocycles. The highest BCUT2D eigenvalue weighted by Gasteiger charge is 2.30. The number of hydrogen-bond donors (Lipinski definition) is 0. The van der Waals surface area contributed by atoms with Gasteiger partial charge in [0.25, 0.3) is 0 Å². The summed E-state index contributed by atoms with van der Waals surface area (Å²) in [4.78, 5) is 8.72. The minimum Gasteiger partial charge on any atom is -0.474 e. The summed E-state index contributed by atoms with van der Waals surface area (Å²) in [6.45, 7) is 4.52. The van der Waals surface area contributed by atoms with Crippen molar-refractivity contribution in [1.29, 1.82) is 0 Å². The van der Waals surface area contributed by atoms with Gasteiger partial charge in [0, 0.05) is 29.9 Å². The van der Waals surface area contributed by atoms with E-state index in [4.69, 9.17) is 16.3 Å². The van der Waals surface area contributed by atoms with E-state index in [2.05, 4.69) is 9.97 Å². The maximum atomic E-state index is 12.7. The van der Waals surface area contributed by atoms with Crippen LogP contribution in [-0.2, 0) is 10.0 Å². The molecule has 1 aliphatic rings. The molecule has 6 nitrogen and oxygen atoms in total. The van der Waals surface area contributed by atoms with Gasteiger partial charge in [-0.1, -0.05) is 17.7 Å². The molecule has 0 N–H and O–H groups in total. The second kappa shape index (κ2) is 7.27. The van der Waals surface area contributed by atoms with E-state index in [9.17, 15) is 8.42 Å². The van der Waals surface area contributed by atoms with Crippen LogP contribution in [0.2, 0.25) is 5.02 Å². The fourth-order valence-corrected chi connectivity index (χ4v) is 4.65. The Morgan fingerprint density at radius 3 is 2.52 bits per heavy atom. The average Bonchev–Trinajstić information content (AvgIpc) is 2.54. The monoisotopic (exact) mass is 381 g/mol. The van der Waals surface area contributed by atoms with Crippen LogP contribution in [0.1, 0.15) is 24.4 Å². The summed E-state index contributed by atoms with van der Waals surface area (Å²) < 4.78 is 32.8. The first-order valence-electron chi connectivity index (χ1n) is 8.09. The molecule has 0 atom stereocenters. The summed E-state index contributed by atoms with van der Waals surface area (Å²) in [5.74, 6) is 1.21. The third kappa shape index (κ3) is 4.29. The van der Waals surface area contributed by atoms with Gasteiger partial charge in [0.1, 0.15) is 11.9 Å². The molecule has 0 saturated carbocycles. The Bertz CT molecular complexity index is 845. The number of piperidine rings is 1. The molecule has 1 aliphatic heterocycles. The third-order valence-corrected chi connectivity index (χ3v) is 6.19. The van der Waals surface area contributed by atoms with Gasteiger partial charge < -0.3 is 4.74 Å². The zero-order valence-electron chi connectivity index (χ0n) is 14.1. The van der Waals surface area contributed by atoms with E-state index in [0.717, 1.165) is 5.69 Å². The predicted molar refractivity (Wildman–Crippen MR) is 95.4 cm³/mol. The average molecular weight is 382 g/mol. The highest BCUT2D eigenvalue weighted by molar-refractivity contribution is 7.89. The Labute approximate surface area is 152 Å². The molecule has 1 aromatic heterocycles. The molecule has 134 valence electrons. The first kappa shape index (κ1) is 18.1. The number of nitrogens with zero attached hydrogens (tertiary/aromatic N) is 3. The minimum absolute atomic E-state index is 0.0560. The number of hydrogen-bond acceptors (Lipinski definition) is 5. The quantitative estimate of drug-likeness (QED) is 0.814. The molecule has 2 aromatic rings. The lowest BCUT2D eigenvalue weighted by molar-refractivity contribution is 0.129. The number of ether oxygens (including phenoxy) is 1. The fraction of sp³-hybridized carbons (Fsp3) is 0.412. The molecule has 3 rings (SSSR count).